The van der Waals surface area contributed by atoms with E-state index in [1.165, 1.54) is 38.5 Å². The Morgan fingerprint density at radius 1 is 1.06 bits per heavy atom. The van der Waals surface area contributed by atoms with Crippen LogP contribution in [0.1, 0.15) is 71.6 Å². The topological polar surface area (TPSA) is 68.0 Å². The van der Waals surface area contributed by atoms with Gasteiger partial charge >= 0.3 is 0 Å². The Morgan fingerprint density at radius 3 is 2.75 bits per heavy atom. The van der Waals surface area contributed by atoms with E-state index in [1.807, 2.05) is 25.3 Å². The molecule has 1 N–H and O–H groups in total. The summed E-state index contributed by atoms with van der Waals surface area (Å²) in [5.41, 5.74) is 1.42. The minimum absolute atomic E-state index is 0.149. The molecule has 0 saturated heterocycles. The van der Waals surface area contributed by atoms with E-state index >= 15 is 0 Å². The first-order valence-electron chi connectivity index (χ1n) is 12.9. The van der Waals surface area contributed by atoms with Crippen LogP contribution in [0.15, 0.2) is 24.5 Å². The summed E-state index contributed by atoms with van der Waals surface area (Å²) in [4.78, 5) is 17.9. The van der Waals surface area contributed by atoms with Gasteiger partial charge in [-0.25, -0.2) is 0 Å². The summed E-state index contributed by atoms with van der Waals surface area (Å²) >= 11 is 0. The third-order valence-corrected chi connectivity index (χ3v) is 10.3. The van der Waals surface area contributed by atoms with Gasteiger partial charge in [0.2, 0.25) is 0 Å². The number of rotatable bonds is 3. The van der Waals surface area contributed by atoms with E-state index in [2.05, 4.69) is 17.0 Å². The highest BCUT2D eigenvalue weighted by molar-refractivity contribution is 5.82. The quantitative estimate of drug-likeness (QED) is 0.735. The third-order valence-electron chi connectivity index (χ3n) is 10.3. The lowest BCUT2D eigenvalue weighted by Gasteiger charge is -2.56. The van der Waals surface area contributed by atoms with Crippen LogP contribution in [0.2, 0.25) is 0 Å². The van der Waals surface area contributed by atoms with Gasteiger partial charge in [0.25, 0.3) is 0 Å². The Hall–Kier alpha value is -1.75. The Bertz CT molecular complexity index is 996. The number of hydrogen-bond donors (Lipinski definition) is 1. The van der Waals surface area contributed by atoms with Crippen LogP contribution in [0, 0.1) is 40.9 Å². The van der Waals surface area contributed by atoms with Crippen molar-refractivity contribution in [1.29, 1.82) is 0 Å². The van der Waals surface area contributed by atoms with Crippen molar-refractivity contribution in [1.82, 2.24) is 14.8 Å². The van der Waals surface area contributed by atoms with Crippen molar-refractivity contribution < 1.29 is 9.90 Å². The summed E-state index contributed by atoms with van der Waals surface area (Å²) in [6.45, 7) is 4.85. The molecule has 4 aliphatic carbocycles. The lowest BCUT2D eigenvalue weighted by atomic mass is 9.49. The molecule has 4 saturated carbocycles. The molecule has 0 aliphatic heterocycles. The molecular formula is C27H37N3O2. The molecule has 5 heteroatoms. The maximum Gasteiger partial charge on any atom is 0.157 e. The maximum atomic E-state index is 13.5. The van der Waals surface area contributed by atoms with Gasteiger partial charge in [-0.15, -0.1) is 0 Å². The molecule has 0 radical (unpaired) electrons. The highest BCUT2D eigenvalue weighted by Gasteiger charge is 2.58. The Morgan fingerprint density at radius 2 is 1.91 bits per heavy atom. The number of nitrogens with zero attached hydrogens (tertiary/aromatic N) is 3. The molecule has 4 aliphatic rings. The van der Waals surface area contributed by atoms with Gasteiger partial charge in [-0.2, -0.15) is 5.10 Å². The van der Waals surface area contributed by atoms with Gasteiger partial charge in [-0.1, -0.05) is 6.92 Å². The van der Waals surface area contributed by atoms with E-state index in [-0.39, 0.29) is 11.3 Å². The van der Waals surface area contributed by atoms with Gasteiger partial charge in [0.1, 0.15) is 11.0 Å². The van der Waals surface area contributed by atoms with E-state index in [1.54, 1.807) is 10.9 Å². The van der Waals surface area contributed by atoms with Gasteiger partial charge in [-0.05, 0) is 112 Å². The number of carbonyl (C=O) groups is 1. The van der Waals surface area contributed by atoms with E-state index in [9.17, 15) is 9.90 Å². The SMILES string of the molecule is CC1(O)CCC2C(CCC3C2CCC2(C)C(C(=O)Cn4cc5ncccc5n4)CCC32)C1. The minimum Gasteiger partial charge on any atom is -0.390 e. The smallest absolute Gasteiger partial charge is 0.157 e. The molecule has 2 aromatic heterocycles. The zero-order valence-electron chi connectivity index (χ0n) is 19.5. The molecule has 4 fully saturated rings. The molecule has 32 heavy (non-hydrogen) atoms. The van der Waals surface area contributed by atoms with Crippen LogP contribution in [-0.4, -0.2) is 31.3 Å². The second-order valence-corrected chi connectivity index (χ2v) is 12.1. The van der Waals surface area contributed by atoms with Crippen molar-refractivity contribution in [3.8, 4) is 0 Å². The monoisotopic (exact) mass is 435 g/mol. The van der Waals surface area contributed by atoms with Gasteiger partial charge in [0.05, 0.1) is 18.3 Å². The highest BCUT2D eigenvalue weighted by atomic mass is 16.3. The predicted octanol–water partition coefficient (Wildman–Crippen LogP) is 5.02. The summed E-state index contributed by atoms with van der Waals surface area (Å²) in [7, 11) is 0. The number of hydrogen-bond acceptors (Lipinski definition) is 4. The van der Waals surface area contributed by atoms with Crippen molar-refractivity contribution in [2.45, 2.75) is 83.8 Å². The van der Waals surface area contributed by atoms with Crippen LogP contribution < -0.4 is 0 Å². The van der Waals surface area contributed by atoms with Crippen LogP contribution in [0.25, 0.3) is 11.0 Å². The van der Waals surface area contributed by atoms with E-state index < -0.39 is 5.60 Å². The highest BCUT2D eigenvalue weighted by Crippen LogP contribution is 2.64. The van der Waals surface area contributed by atoms with Crippen LogP contribution in [0.3, 0.4) is 0 Å². The third kappa shape index (κ3) is 3.26. The Kier molecular flexibility index (Phi) is 4.80. The zero-order valence-corrected chi connectivity index (χ0v) is 19.5. The molecular weight excluding hydrogens is 398 g/mol. The summed E-state index contributed by atoms with van der Waals surface area (Å²) in [6, 6.07) is 3.85. The van der Waals surface area contributed by atoms with E-state index in [0.717, 1.165) is 48.0 Å². The summed E-state index contributed by atoms with van der Waals surface area (Å²) in [5.74, 6) is 4.34. The lowest BCUT2D eigenvalue weighted by molar-refractivity contribution is -0.133. The molecule has 8 unspecified atom stereocenters. The predicted molar refractivity (Wildman–Crippen MR) is 124 cm³/mol. The Balaban J connectivity index is 1.18. The zero-order chi connectivity index (χ0) is 22.1. The molecule has 6 rings (SSSR count). The number of aliphatic hydroxyl groups is 1. The van der Waals surface area contributed by atoms with Crippen LogP contribution >= 0.6 is 0 Å². The largest absolute Gasteiger partial charge is 0.390 e. The number of Topliss-reactive ketones (excluding diaryl/α,β-unsaturated/α-hetero) is 1. The molecule has 8 atom stereocenters. The van der Waals surface area contributed by atoms with Crippen LogP contribution in [-0.2, 0) is 11.3 Å². The molecule has 0 amide bonds. The summed E-state index contributed by atoms with van der Waals surface area (Å²) in [5, 5.41) is 15.2. The van der Waals surface area contributed by atoms with Crippen LogP contribution in [0.5, 0.6) is 0 Å². The molecule has 172 valence electrons. The van der Waals surface area contributed by atoms with Gasteiger partial charge in [0.15, 0.2) is 5.78 Å². The first kappa shape index (κ1) is 20.8. The fraction of sp³-hybridized carbons (Fsp3) is 0.741. The fourth-order valence-electron chi connectivity index (χ4n) is 8.86. The molecule has 0 spiro atoms. The van der Waals surface area contributed by atoms with Crippen LogP contribution in [0.4, 0.5) is 0 Å². The number of aromatic nitrogens is 3. The molecule has 2 heterocycles. The normalized spacial score (nSPS) is 43.5. The van der Waals surface area contributed by atoms with Gasteiger partial charge in [-0.3, -0.25) is 14.5 Å². The van der Waals surface area contributed by atoms with Crippen molar-refractivity contribution in [2.24, 2.45) is 40.9 Å². The maximum absolute atomic E-state index is 13.5. The second kappa shape index (κ2) is 7.38. The Labute approximate surface area is 191 Å². The number of fused-ring (bicyclic) bond motifs is 6. The molecule has 2 aromatic rings. The lowest BCUT2D eigenvalue weighted by Crippen LogP contribution is -2.51. The second-order valence-electron chi connectivity index (χ2n) is 12.1. The van der Waals surface area contributed by atoms with Crippen molar-refractivity contribution in [2.75, 3.05) is 0 Å². The fourth-order valence-corrected chi connectivity index (χ4v) is 8.86. The van der Waals surface area contributed by atoms with E-state index in [0.29, 0.717) is 24.2 Å². The average molecular weight is 436 g/mol. The standard InChI is InChI=1S/C27H37N3O2/c1-26(32)11-9-18-17(14-26)5-6-20-19(18)10-12-27(2)21(20)7-8-22(27)25(31)16-30-15-24-23(29-30)4-3-13-28-24/h3-4,13,15,17-22,32H,5-12,14,16H2,1-2H3. The molecule has 0 aromatic carbocycles. The van der Waals surface area contributed by atoms with Gasteiger partial charge < -0.3 is 5.11 Å². The van der Waals surface area contributed by atoms with Gasteiger partial charge in [0, 0.05) is 12.1 Å². The van der Waals surface area contributed by atoms with E-state index in [4.69, 9.17) is 0 Å². The number of carbonyl (C=O) groups excluding carboxylic acids is 1. The average Bonchev–Trinajstić information content (AvgIpc) is 3.32. The first-order valence-corrected chi connectivity index (χ1v) is 12.9. The van der Waals surface area contributed by atoms with Crippen molar-refractivity contribution >= 4 is 16.8 Å². The summed E-state index contributed by atoms with van der Waals surface area (Å²) < 4.78 is 1.81. The van der Waals surface area contributed by atoms with Crippen molar-refractivity contribution in [3.63, 3.8) is 0 Å². The molecule has 5 nitrogen and oxygen atoms in total. The van der Waals surface area contributed by atoms with Crippen molar-refractivity contribution in [3.05, 3.63) is 24.5 Å². The minimum atomic E-state index is -0.450. The number of ketones is 1. The first-order chi connectivity index (χ1) is 15.3. The molecule has 0 bridgehead atoms. The summed E-state index contributed by atoms with van der Waals surface area (Å²) in [6.07, 6.45) is 14.2. The number of pyridine rings is 1.